The monoisotopic (exact) mass is 229 g/mol. The Morgan fingerprint density at radius 2 is 1.94 bits per heavy atom. The number of ether oxygens (including phenoxy) is 2. The maximum absolute atomic E-state index is 9.41. The third-order valence-corrected chi connectivity index (χ3v) is 2.27. The summed E-state index contributed by atoms with van der Waals surface area (Å²) in [7, 11) is 1.52. The molecule has 0 bridgehead atoms. The van der Waals surface area contributed by atoms with Gasteiger partial charge in [-0.1, -0.05) is 30.3 Å². The summed E-state index contributed by atoms with van der Waals surface area (Å²) in [5, 5.41) is 9.41. The SMILES string of the molecule is COc1[c]c(O)cc(OCc2ccccc2)c1. The lowest BCUT2D eigenvalue weighted by Crippen LogP contribution is -1.95. The van der Waals surface area contributed by atoms with E-state index in [1.54, 1.807) is 6.07 Å². The van der Waals surface area contributed by atoms with Crippen LogP contribution in [-0.4, -0.2) is 12.2 Å². The molecule has 87 valence electrons. The average Bonchev–Trinajstić information content (AvgIpc) is 2.37. The smallest absolute Gasteiger partial charge is 0.134 e. The molecule has 0 spiro atoms. The van der Waals surface area contributed by atoms with E-state index < -0.39 is 0 Å². The third-order valence-electron chi connectivity index (χ3n) is 2.27. The van der Waals surface area contributed by atoms with Crippen molar-refractivity contribution in [3.8, 4) is 17.2 Å². The van der Waals surface area contributed by atoms with Gasteiger partial charge in [-0.15, -0.1) is 0 Å². The molecular weight excluding hydrogens is 216 g/mol. The van der Waals surface area contributed by atoms with E-state index in [4.69, 9.17) is 9.47 Å². The van der Waals surface area contributed by atoms with Crippen LogP contribution in [0.2, 0.25) is 0 Å². The molecule has 0 aliphatic carbocycles. The Hall–Kier alpha value is -2.16. The highest BCUT2D eigenvalue weighted by Gasteiger charge is 2.02. The Bertz CT molecular complexity index is 480. The highest BCUT2D eigenvalue weighted by molar-refractivity contribution is 5.40. The van der Waals surface area contributed by atoms with Crippen LogP contribution in [0.4, 0.5) is 0 Å². The maximum Gasteiger partial charge on any atom is 0.134 e. The summed E-state index contributed by atoms with van der Waals surface area (Å²) in [6, 6.07) is 15.7. The second-order valence-electron chi connectivity index (χ2n) is 3.54. The first-order chi connectivity index (χ1) is 8.28. The van der Waals surface area contributed by atoms with E-state index in [2.05, 4.69) is 6.07 Å². The van der Waals surface area contributed by atoms with Crippen LogP contribution < -0.4 is 9.47 Å². The molecule has 1 radical (unpaired) electrons. The first-order valence-corrected chi connectivity index (χ1v) is 5.25. The molecule has 0 fully saturated rings. The standard InChI is InChI=1S/C14H13O3/c1-16-13-7-12(15)8-14(9-13)17-10-11-5-3-2-4-6-11/h2-6,8-9,15H,10H2,1H3. The normalized spacial score (nSPS) is 9.94. The molecule has 2 rings (SSSR count). The minimum Gasteiger partial charge on any atom is -0.507 e. The molecular formula is C14H13O3. The van der Waals surface area contributed by atoms with E-state index in [1.807, 2.05) is 30.3 Å². The molecule has 1 N–H and O–H groups in total. The number of phenols is 1. The maximum atomic E-state index is 9.41. The van der Waals surface area contributed by atoms with Crippen molar-refractivity contribution >= 4 is 0 Å². The first-order valence-electron chi connectivity index (χ1n) is 5.25. The van der Waals surface area contributed by atoms with Crippen molar-refractivity contribution in [2.45, 2.75) is 6.61 Å². The Morgan fingerprint density at radius 3 is 2.65 bits per heavy atom. The van der Waals surface area contributed by atoms with Crippen LogP contribution in [0.15, 0.2) is 42.5 Å². The molecule has 0 aliphatic rings. The molecule has 0 atom stereocenters. The van der Waals surface area contributed by atoms with Gasteiger partial charge in [0.2, 0.25) is 0 Å². The fourth-order valence-corrected chi connectivity index (χ4v) is 1.44. The topological polar surface area (TPSA) is 38.7 Å². The number of rotatable bonds is 4. The fraction of sp³-hybridized carbons (Fsp3) is 0.143. The van der Waals surface area contributed by atoms with Crippen LogP contribution in [0, 0.1) is 6.07 Å². The zero-order chi connectivity index (χ0) is 12.1. The number of aromatic hydroxyl groups is 1. The largest absolute Gasteiger partial charge is 0.507 e. The van der Waals surface area contributed by atoms with E-state index >= 15 is 0 Å². The van der Waals surface area contributed by atoms with Gasteiger partial charge in [-0.2, -0.15) is 0 Å². The molecule has 0 heterocycles. The van der Waals surface area contributed by atoms with E-state index in [0.717, 1.165) is 5.56 Å². The van der Waals surface area contributed by atoms with Gasteiger partial charge in [0.05, 0.1) is 13.2 Å². The summed E-state index contributed by atoms with van der Waals surface area (Å²) in [4.78, 5) is 0. The quantitative estimate of drug-likeness (QED) is 0.876. The average molecular weight is 229 g/mol. The number of hydrogen-bond acceptors (Lipinski definition) is 3. The van der Waals surface area contributed by atoms with Crippen LogP contribution in [0.5, 0.6) is 17.2 Å². The first kappa shape index (κ1) is 11.3. The summed E-state index contributed by atoms with van der Waals surface area (Å²) < 4.78 is 10.5. The van der Waals surface area contributed by atoms with Gasteiger partial charge in [0, 0.05) is 12.1 Å². The fourth-order valence-electron chi connectivity index (χ4n) is 1.44. The molecule has 0 unspecified atom stereocenters. The van der Waals surface area contributed by atoms with Crippen molar-refractivity contribution in [3.63, 3.8) is 0 Å². The molecule has 2 aromatic rings. The Morgan fingerprint density at radius 1 is 1.18 bits per heavy atom. The minimum atomic E-state index is 0.00686. The second kappa shape index (κ2) is 5.25. The van der Waals surface area contributed by atoms with Crippen molar-refractivity contribution in [1.82, 2.24) is 0 Å². The highest BCUT2D eigenvalue weighted by atomic mass is 16.5. The number of benzene rings is 2. The van der Waals surface area contributed by atoms with Gasteiger partial charge in [-0.3, -0.25) is 0 Å². The van der Waals surface area contributed by atoms with Crippen molar-refractivity contribution < 1.29 is 14.6 Å². The zero-order valence-electron chi connectivity index (χ0n) is 9.51. The van der Waals surface area contributed by atoms with Gasteiger partial charge < -0.3 is 14.6 Å². The Labute approximate surface area is 100 Å². The highest BCUT2D eigenvalue weighted by Crippen LogP contribution is 2.26. The zero-order valence-corrected chi connectivity index (χ0v) is 9.51. The second-order valence-corrected chi connectivity index (χ2v) is 3.54. The van der Waals surface area contributed by atoms with Crippen LogP contribution in [0.1, 0.15) is 5.56 Å². The van der Waals surface area contributed by atoms with Crippen molar-refractivity contribution in [1.29, 1.82) is 0 Å². The molecule has 0 amide bonds. The minimum absolute atomic E-state index is 0.00686. The van der Waals surface area contributed by atoms with Gasteiger partial charge in [-0.25, -0.2) is 0 Å². The lowest BCUT2D eigenvalue weighted by atomic mass is 10.2. The van der Waals surface area contributed by atoms with E-state index in [-0.39, 0.29) is 5.75 Å². The van der Waals surface area contributed by atoms with Gasteiger partial charge in [-0.05, 0) is 5.56 Å². The molecule has 0 saturated carbocycles. The molecule has 0 aromatic heterocycles. The van der Waals surface area contributed by atoms with Crippen LogP contribution >= 0.6 is 0 Å². The van der Waals surface area contributed by atoms with Crippen molar-refractivity contribution in [3.05, 3.63) is 54.1 Å². The summed E-state index contributed by atoms with van der Waals surface area (Å²) in [5.74, 6) is 1.02. The van der Waals surface area contributed by atoms with E-state index in [1.165, 1.54) is 13.2 Å². The predicted octanol–water partition coefficient (Wildman–Crippen LogP) is 2.78. The van der Waals surface area contributed by atoms with Crippen LogP contribution in [-0.2, 0) is 6.61 Å². The summed E-state index contributed by atoms with van der Waals surface area (Å²) >= 11 is 0. The molecule has 3 heteroatoms. The van der Waals surface area contributed by atoms with Crippen LogP contribution in [0.3, 0.4) is 0 Å². The van der Waals surface area contributed by atoms with Crippen molar-refractivity contribution in [2.24, 2.45) is 0 Å². The van der Waals surface area contributed by atoms with Crippen LogP contribution in [0.25, 0.3) is 0 Å². The number of hydrogen-bond donors (Lipinski definition) is 1. The van der Waals surface area contributed by atoms with Gasteiger partial charge in [0.1, 0.15) is 23.9 Å². The van der Waals surface area contributed by atoms with E-state index in [0.29, 0.717) is 18.1 Å². The molecule has 0 saturated heterocycles. The molecule has 3 nitrogen and oxygen atoms in total. The number of methoxy groups -OCH3 is 1. The Kier molecular flexibility index (Phi) is 3.50. The van der Waals surface area contributed by atoms with Gasteiger partial charge >= 0.3 is 0 Å². The molecule has 17 heavy (non-hydrogen) atoms. The third kappa shape index (κ3) is 3.14. The summed E-state index contributed by atoms with van der Waals surface area (Å²) in [5.41, 5.74) is 1.07. The molecule has 0 aliphatic heterocycles. The van der Waals surface area contributed by atoms with E-state index in [9.17, 15) is 5.11 Å². The molecule has 2 aromatic carbocycles. The lowest BCUT2D eigenvalue weighted by Gasteiger charge is -2.08. The van der Waals surface area contributed by atoms with Gasteiger partial charge in [0.15, 0.2) is 0 Å². The Balaban J connectivity index is 2.06. The van der Waals surface area contributed by atoms with Gasteiger partial charge in [0.25, 0.3) is 0 Å². The lowest BCUT2D eigenvalue weighted by molar-refractivity contribution is 0.301. The number of phenolic OH excluding ortho intramolecular Hbond substituents is 1. The summed E-state index contributed by atoms with van der Waals surface area (Å²) in [6.07, 6.45) is 0. The predicted molar refractivity (Wildman–Crippen MR) is 64.3 cm³/mol. The van der Waals surface area contributed by atoms with Crippen molar-refractivity contribution in [2.75, 3.05) is 7.11 Å². The summed E-state index contributed by atoms with van der Waals surface area (Å²) in [6.45, 7) is 0.452.